The van der Waals surface area contributed by atoms with E-state index in [1.54, 1.807) is 36.1 Å². The number of benzene rings is 2. The lowest BCUT2D eigenvalue weighted by Gasteiger charge is -2.33. The molecule has 2 aliphatic heterocycles. The normalized spacial score (nSPS) is 17.9. The van der Waals surface area contributed by atoms with E-state index in [1.807, 2.05) is 0 Å². The van der Waals surface area contributed by atoms with E-state index in [0.29, 0.717) is 37.1 Å². The predicted molar refractivity (Wildman–Crippen MR) is 148 cm³/mol. The standard InChI is InChI=1S/C30H29F6N5O3/c1-17-6-2-3-8-22(17)24-23-26(39-28(38-24)41-9-4-7-19(16-41)25(37)42)44-11-5-10-40(27(23)43)15-18-12-20(29(31,32)33)14-21(13-18)30(34,35)36/h2-3,6,8,12-14,19H,4-5,7,9-11,15-16H2,1H3,(H2,37,42). The molecule has 1 saturated heterocycles. The van der Waals surface area contributed by atoms with Gasteiger partial charge in [-0.2, -0.15) is 31.3 Å². The number of aryl methyl sites for hydroxylation is 1. The molecule has 5 rings (SSSR count). The number of ether oxygens (including phenoxy) is 1. The molecule has 2 aliphatic rings. The molecule has 2 amide bonds. The molecule has 0 saturated carbocycles. The van der Waals surface area contributed by atoms with Crippen LogP contribution >= 0.6 is 0 Å². The van der Waals surface area contributed by atoms with E-state index in [4.69, 9.17) is 15.5 Å². The zero-order valence-electron chi connectivity index (χ0n) is 23.6. The number of alkyl halides is 6. The molecule has 0 radical (unpaired) electrons. The molecule has 1 fully saturated rings. The largest absolute Gasteiger partial charge is 0.477 e. The van der Waals surface area contributed by atoms with Crippen LogP contribution in [0.4, 0.5) is 32.3 Å². The Kier molecular flexibility index (Phi) is 8.45. The summed E-state index contributed by atoms with van der Waals surface area (Å²) in [6.45, 7) is 2.14. The molecule has 234 valence electrons. The summed E-state index contributed by atoms with van der Waals surface area (Å²) in [7, 11) is 0. The van der Waals surface area contributed by atoms with Crippen molar-refractivity contribution in [1.29, 1.82) is 0 Å². The van der Waals surface area contributed by atoms with Crippen LogP contribution in [0.25, 0.3) is 11.3 Å². The zero-order chi connectivity index (χ0) is 31.8. The molecule has 1 atom stereocenters. The summed E-state index contributed by atoms with van der Waals surface area (Å²) in [5.41, 5.74) is 3.75. The summed E-state index contributed by atoms with van der Waals surface area (Å²) in [4.78, 5) is 38.3. The minimum absolute atomic E-state index is 0.00273. The first-order valence-corrected chi connectivity index (χ1v) is 13.9. The van der Waals surface area contributed by atoms with Crippen molar-refractivity contribution in [2.24, 2.45) is 11.7 Å². The average molecular weight is 622 g/mol. The van der Waals surface area contributed by atoms with E-state index in [-0.39, 0.29) is 60.8 Å². The molecule has 0 bridgehead atoms. The fourth-order valence-electron chi connectivity index (χ4n) is 5.46. The second-order valence-electron chi connectivity index (χ2n) is 10.9. The molecule has 2 aromatic carbocycles. The lowest BCUT2D eigenvalue weighted by molar-refractivity contribution is -0.143. The van der Waals surface area contributed by atoms with E-state index in [2.05, 4.69) is 4.98 Å². The van der Waals surface area contributed by atoms with Gasteiger partial charge in [0, 0.05) is 31.7 Å². The lowest BCUT2D eigenvalue weighted by Crippen LogP contribution is -2.42. The number of halogens is 6. The van der Waals surface area contributed by atoms with Crippen molar-refractivity contribution in [3.63, 3.8) is 0 Å². The van der Waals surface area contributed by atoms with Gasteiger partial charge in [0.15, 0.2) is 0 Å². The Labute approximate surface area is 248 Å². The number of nitrogens with two attached hydrogens (primary N) is 1. The topological polar surface area (TPSA) is 102 Å². The first-order chi connectivity index (χ1) is 20.7. The van der Waals surface area contributed by atoms with Crippen LogP contribution in [0.1, 0.15) is 51.9 Å². The summed E-state index contributed by atoms with van der Waals surface area (Å²) < 4.78 is 87.1. The monoisotopic (exact) mass is 621 g/mol. The molecule has 0 aliphatic carbocycles. The Balaban J connectivity index is 1.60. The van der Waals surface area contributed by atoms with Gasteiger partial charge in [-0.05, 0) is 55.5 Å². The number of fused-ring (bicyclic) bond motifs is 1. The fraction of sp³-hybridized carbons (Fsp3) is 0.400. The highest BCUT2D eigenvalue weighted by Crippen LogP contribution is 2.38. The molecular weight excluding hydrogens is 592 g/mol. The van der Waals surface area contributed by atoms with Crippen molar-refractivity contribution >= 4 is 17.8 Å². The Morgan fingerprint density at radius 1 is 1.00 bits per heavy atom. The minimum atomic E-state index is -5.03. The van der Waals surface area contributed by atoms with Crippen LogP contribution in [-0.4, -0.2) is 52.9 Å². The van der Waals surface area contributed by atoms with Crippen LogP contribution in [-0.2, 0) is 23.7 Å². The van der Waals surface area contributed by atoms with Crippen LogP contribution in [0, 0.1) is 12.8 Å². The maximum atomic E-state index is 14.1. The maximum absolute atomic E-state index is 14.1. The van der Waals surface area contributed by atoms with Crippen molar-refractivity contribution in [3.8, 4) is 17.1 Å². The number of piperidine rings is 1. The van der Waals surface area contributed by atoms with E-state index in [9.17, 15) is 35.9 Å². The molecule has 1 unspecified atom stereocenters. The van der Waals surface area contributed by atoms with Crippen molar-refractivity contribution in [3.05, 3.63) is 70.3 Å². The molecular formula is C30H29F6N5O3. The predicted octanol–water partition coefficient (Wildman–Crippen LogP) is 5.62. The Bertz CT molecular complexity index is 1540. The third kappa shape index (κ3) is 6.58. The third-order valence-electron chi connectivity index (χ3n) is 7.70. The maximum Gasteiger partial charge on any atom is 0.416 e. The molecule has 3 heterocycles. The minimum Gasteiger partial charge on any atom is -0.477 e. The second-order valence-corrected chi connectivity index (χ2v) is 10.9. The number of hydrogen-bond acceptors (Lipinski definition) is 6. The van der Waals surface area contributed by atoms with Gasteiger partial charge in [0.25, 0.3) is 5.91 Å². The number of aromatic nitrogens is 2. The summed E-state index contributed by atoms with van der Waals surface area (Å²) in [6, 6.07) is 8.37. The van der Waals surface area contributed by atoms with Crippen molar-refractivity contribution < 1.29 is 40.7 Å². The number of carbonyl (C=O) groups is 2. The van der Waals surface area contributed by atoms with Crippen molar-refractivity contribution in [2.75, 3.05) is 31.1 Å². The SMILES string of the molecule is Cc1ccccc1-c1nc(N2CCCC(C(N)=O)C2)nc2c1C(=O)N(Cc1cc(C(F)(F)F)cc(C(F)(F)F)c1)CCCO2. The van der Waals surface area contributed by atoms with Gasteiger partial charge in [-0.1, -0.05) is 24.3 Å². The molecule has 14 heteroatoms. The number of rotatable bonds is 5. The van der Waals surface area contributed by atoms with Gasteiger partial charge in [-0.15, -0.1) is 0 Å². The highest BCUT2D eigenvalue weighted by atomic mass is 19.4. The highest BCUT2D eigenvalue weighted by molar-refractivity contribution is 6.02. The number of carbonyl (C=O) groups excluding carboxylic acids is 2. The van der Waals surface area contributed by atoms with E-state index < -0.39 is 47.8 Å². The van der Waals surface area contributed by atoms with Crippen LogP contribution in [0.2, 0.25) is 0 Å². The first-order valence-electron chi connectivity index (χ1n) is 13.9. The van der Waals surface area contributed by atoms with Gasteiger partial charge in [0.2, 0.25) is 17.7 Å². The second kappa shape index (κ2) is 12.0. The molecule has 8 nitrogen and oxygen atoms in total. The number of nitrogens with zero attached hydrogens (tertiary/aromatic N) is 4. The van der Waals surface area contributed by atoms with E-state index in [0.717, 1.165) is 5.56 Å². The highest BCUT2D eigenvalue weighted by Gasteiger charge is 2.38. The van der Waals surface area contributed by atoms with Gasteiger partial charge < -0.3 is 20.3 Å². The van der Waals surface area contributed by atoms with Crippen LogP contribution in [0.15, 0.2) is 42.5 Å². The van der Waals surface area contributed by atoms with Gasteiger partial charge in [-0.3, -0.25) is 9.59 Å². The molecule has 3 aromatic rings. The quantitative estimate of drug-likeness (QED) is 0.372. The average Bonchev–Trinajstić information content (AvgIpc) is 2.96. The lowest BCUT2D eigenvalue weighted by atomic mass is 9.97. The van der Waals surface area contributed by atoms with Gasteiger partial charge in [0.05, 0.1) is 29.3 Å². The number of primary amides is 1. The smallest absolute Gasteiger partial charge is 0.416 e. The van der Waals surface area contributed by atoms with Crippen LogP contribution in [0.5, 0.6) is 5.88 Å². The molecule has 2 N–H and O–H groups in total. The summed E-state index contributed by atoms with van der Waals surface area (Å²) in [6.07, 6.45) is -8.56. The molecule has 44 heavy (non-hydrogen) atoms. The Morgan fingerprint density at radius 3 is 2.32 bits per heavy atom. The van der Waals surface area contributed by atoms with E-state index in [1.165, 1.54) is 4.90 Å². The number of amides is 2. The van der Waals surface area contributed by atoms with E-state index >= 15 is 0 Å². The first kappa shape index (κ1) is 31.1. The zero-order valence-corrected chi connectivity index (χ0v) is 23.6. The summed E-state index contributed by atoms with van der Waals surface area (Å²) in [5, 5.41) is 0. The van der Waals surface area contributed by atoms with Crippen molar-refractivity contribution in [1.82, 2.24) is 14.9 Å². The van der Waals surface area contributed by atoms with Gasteiger partial charge in [0.1, 0.15) is 5.56 Å². The Morgan fingerprint density at radius 2 is 1.68 bits per heavy atom. The van der Waals surface area contributed by atoms with Crippen LogP contribution in [0.3, 0.4) is 0 Å². The third-order valence-corrected chi connectivity index (χ3v) is 7.70. The fourth-order valence-corrected chi connectivity index (χ4v) is 5.46. The van der Waals surface area contributed by atoms with Crippen LogP contribution < -0.4 is 15.4 Å². The summed E-state index contributed by atoms with van der Waals surface area (Å²) in [5.74, 6) is -1.44. The molecule has 1 aromatic heterocycles. The van der Waals surface area contributed by atoms with Crippen molar-refractivity contribution in [2.45, 2.75) is 45.1 Å². The molecule has 0 spiro atoms. The number of anilines is 1. The summed E-state index contributed by atoms with van der Waals surface area (Å²) >= 11 is 0. The number of hydrogen-bond donors (Lipinski definition) is 1. The van der Waals surface area contributed by atoms with Gasteiger partial charge in [-0.25, -0.2) is 4.98 Å². The van der Waals surface area contributed by atoms with Gasteiger partial charge >= 0.3 is 12.4 Å². The Hall–Kier alpha value is -4.36.